The van der Waals surface area contributed by atoms with Crippen molar-refractivity contribution in [1.82, 2.24) is 10.1 Å². The monoisotopic (exact) mass is 484 g/mol. The molecule has 1 aromatic carbocycles. The number of hydrogen-bond acceptors (Lipinski definition) is 5. The molecule has 6 rings (SSSR count). The minimum Gasteiger partial charge on any atom is -0.383 e. The number of aromatic nitrogens is 2. The van der Waals surface area contributed by atoms with E-state index in [9.17, 15) is 5.11 Å². The molecule has 1 N–H and O–H groups in total. The predicted octanol–water partition coefficient (Wildman–Crippen LogP) is 6.51. The van der Waals surface area contributed by atoms with E-state index in [0.29, 0.717) is 33.8 Å². The zero-order valence-corrected chi connectivity index (χ0v) is 19.7. The molecule has 33 heavy (non-hydrogen) atoms. The van der Waals surface area contributed by atoms with Crippen molar-refractivity contribution in [2.45, 2.75) is 62.8 Å². The van der Waals surface area contributed by atoms with Gasteiger partial charge in [-0.15, -0.1) is 0 Å². The number of benzene rings is 1. The summed E-state index contributed by atoms with van der Waals surface area (Å²) < 4.78 is 12.3. The summed E-state index contributed by atoms with van der Waals surface area (Å²) in [4.78, 5) is 4.49. The normalized spacial score (nSPS) is 28.9. The number of halogens is 2. The van der Waals surface area contributed by atoms with Crippen molar-refractivity contribution < 1.29 is 14.4 Å². The smallest absolute Gasteiger partial charge is 0.145 e. The van der Waals surface area contributed by atoms with Gasteiger partial charge < -0.3 is 14.4 Å². The van der Waals surface area contributed by atoms with Crippen molar-refractivity contribution in [3.05, 3.63) is 69.7 Å². The first-order chi connectivity index (χ1) is 16.1. The third-order valence-electron chi connectivity index (χ3n) is 7.71. The third-order valence-corrected chi connectivity index (χ3v) is 8.34. The topological polar surface area (TPSA) is 68.4 Å². The molecule has 7 heteroatoms. The number of fused-ring (bicyclic) bond motifs is 2. The Morgan fingerprint density at radius 2 is 1.73 bits per heavy atom. The van der Waals surface area contributed by atoms with Gasteiger partial charge in [0.25, 0.3) is 0 Å². The lowest BCUT2D eigenvalue weighted by Gasteiger charge is -2.42. The van der Waals surface area contributed by atoms with Gasteiger partial charge in [0.2, 0.25) is 0 Å². The van der Waals surface area contributed by atoms with Crippen LogP contribution < -0.4 is 0 Å². The van der Waals surface area contributed by atoms with Gasteiger partial charge in [-0.05, 0) is 74.6 Å². The van der Waals surface area contributed by atoms with Crippen molar-refractivity contribution in [3.63, 3.8) is 0 Å². The molecule has 0 spiro atoms. The zero-order valence-electron chi connectivity index (χ0n) is 18.2. The number of nitrogens with zero attached hydrogens (tertiary/aromatic N) is 2. The summed E-state index contributed by atoms with van der Waals surface area (Å²) in [7, 11) is 0. The molecule has 3 aliphatic rings. The number of pyridine rings is 1. The largest absolute Gasteiger partial charge is 0.383 e. The van der Waals surface area contributed by atoms with E-state index in [1.807, 2.05) is 36.4 Å². The Bertz CT molecular complexity index is 1130. The first kappa shape index (κ1) is 21.6. The van der Waals surface area contributed by atoms with Crippen LogP contribution in [0.3, 0.4) is 0 Å². The Balaban J connectivity index is 1.24. The maximum atomic E-state index is 11.6. The van der Waals surface area contributed by atoms with Gasteiger partial charge in [0, 0.05) is 23.2 Å². The summed E-state index contributed by atoms with van der Waals surface area (Å²) in [6.45, 7) is 0.401. The van der Waals surface area contributed by atoms with Crippen LogP contribution in [0.25, 0.3) is 11.3 Å². The van der Waals surface area contributed by atoms with Gasteiger partial charge in [-0.2, -0.15) is 0 Å². The molecule has 0 radical (unpaired) electrons. The molecule has 3 fully saturated rings. The second-order valence-corrected chi connectivity index (χ2v) is 10.5. The summed E-state index contributed by atoms with van der Waals surface area (Å²) >= 11 is 13.0. The number of hydrogen-bond donors (Lipinski definition) is 1. The zero-order chi connectivity index (χ0) is 22.6. The highest BCUT2D eigenvalue weighted by Crippen LogP contribution is 2.55. The van der Waals surface area contributed by atoms with E-state index in [-0.39, 0.29) is 17.9 Å². The Hall–Kier alpha value is -1.92. The SMILES string of the molecule is O[C@@]1(c2ccccn2)[C@@H]2CC[C@H]1C[C@H](OCc1c(-c3c(Cl)cccc3Cl)noc1C1CC1)C2. The lowest BCUT2D eigenvalue weighted by atomic mass is 9.71. The average Bonchev–Trinajstić information content (AvgIpc) is 3.56. The Labute approximate surface area is 203 Å². The molecule has 4 atom stereocenters. The molecule has 172 valence electrons. The van der Waals surface area contributed by atoms with E-state index in [1.165, 1.54) is 0 Å². The number of rotatable bonds is 6. The quantitative estimate of drug-likeness (QED) is 0.431. The average molecular weight is 485 g/mol. The van der Waals surface area contributed by atoms with Crippen LogP contribution >= 0.6 is 23.2 Å². The Morgan fingerprint density at radius 3 is 2.36 bits per heavy atom. The second-order valence-electron chi connectivity index (χ2n) is 9.66. The summed E-state index contributed by atoms with van der Waals surface area (Å²) in [5.41, 5.74) is 2.26. The maximum Gasteiger partial charge on any atom is 0.145 e. The molecule has 0 aliphatic heterocycles. The van der Waals surface area contributed by atoms with E-state index in [2.05, 4.69) is 10.1 Å². The molecule has 0 amide bonds. The lowest BCUT2D eigenvalue weighted by molar-refractivity contribution is -0.118. The second kappa shape index (κ2) is 8.38. The summed E-state index contributed by atoms with van der Waals surface area (Å²) in [5, 5.41) is 17.1. The molecular weight excluding hydrogens is 459 g/mol. The van der Waals surface area contributed by atoms with Crippen molar-refractivity contribution in [2.24, 2.45) is 11.8 Å². The molecule has 2 aromatic heterocycles. The molecule has 0 unspecified atom stereocenters. The van der Waals surface area contributed by atoms with Crippen LogP contribution in [0.2, 0.25) is 10.0 Å². The molecule has 2 bridgehead atoms. The van der Waals surface area contributed by atoms with Crippen molar-refractivity contribution in [3.8, 4) is 11.3 Å². The first-order valence-electron chi connectivity index (χ1n) is 11.7. The van der Waals surface area contributed by atoms with Gasteiger partial charge in [-0.3, -0.25) is 4.98 Å². The maximum absolute atomic E-state index is 11.6. The van der Waals surface area contributed by atoms with Crippen LogP contribution in [-0.4, -0.2) is 21.4 Å². The molecule has 5 nitrogen and oxygen atoms in total. The molecule has 3 saturated carbocycles. The van der Waals surface area contributed by atoms with E-state index in [4.69, 9.17) is 32.5 Å². The fourth-order valence-corrected chi connectivity index (χ4v) is 6.48. The van der Waals surface area contributed by atoms with Crippen LogP contribution in [0.1, 0.15) is 61.5 Å². The van der Waals surface area contributed by atoms with Crippen molar-refractivity contribution in [2.75, 3.05) is 0 Å². The highest BCUT2D eigenvalue weighted by molar-refractivity contribution is 6.39. The summed E-state index contributed by atoms with van der Waals surface area (Å²) in [6.07, 6.45) is 7.67. The summed E-state index contributed by atoms with van der Waals surface area (Å²) in [5.74, 6) is 1.59. The van der Waals surface area contributed by atoms with Crippen LogP contribution in [0, 0.1) is 11.8 Å². The van der Waals surface area contributed by atoms with E-state index in [0.717, 1.165) is 55.5 Å². The van der Waals surface area contributed by atoms with Crippen LogP contribution in [0.5, 0.6) is 0 Å². The predicted molar refractivity (Wildman–Crippen MR) is 126 cm³/mol. The lowest BCUT2D eigenvalue weighted by Crippen LogP contribution is -2.45. The Morgan fingerprint density at radius 1 is 1.00 bits per heavy atom. The van der Waals surface area contributed by atoms with Gasteiger partial charge in [0.15, 0.2) is 0 Å². The fourth-order valence-electron chi connectivity index (χ4n) is 5.91. The molecule has 3 aromatic rings. The van der Waals surface area contributed by atoms with Crippen LogP contribution in [0.4, 0.5) is 0 Å². The molecule has 3 aliphatic carbocycles. The fraction of sp³-hybridized carbons (Fsp3) is 0.462. The van der Waals surface area contributed by atoms with Gasteiger partial charge >= 0.3 is 0 Å². The van der Waals surface area contributed by atoms with Crippen molar-refractivity contribution >= 4 is 23.2 Å². The minimum atomic E-state index is -0.853. The van der Waals surface area contributed by atoms with Crippen LogP contribution in [-0.2, 0) is 16.9 Å². The standard InChI is InChI=1S/C26H26Cl2N2O3/c27-20-4-3-5-21(28)23(20)24-19(25(33-30-24)15-7-8-15)14-32-18-12-16-9-10-17(13-18)26(16,31)22-6-1-2-11-29-22/h1-6,11,15-18,31H,7-10,12-14H2/t16-,17+,18-,26+. The third kappa shape index (κ3) is 3.70. The van der Waals surface area contributed by atoms with E-state index < -0.39 is 5.60 Å². The minimum absolute atomic E-state index is 0.0722. The summed E-state index contributed by atoms with van der Waals surface area (Å²) in [6, 6.07) is 11.3. The Kier molecular flexibility index (Phi) is 5.49. The number of ether oxygens (including phenoxy) is 1. The van der Waals surface area contributed by atoms with E-state index >= 15 is 0 Å². The molecule has 0 saturated heterocycles. The first-order valence-corrected chi connectivity index (χ1v) is 12.5. The van der Waals surface area contributed by atoms with Crippen LogP contribution in [0.15, 0.2) is 47.1 Å². The highest BCUT2D eigenvalue weighted by Gasteiger charge is 2.55. The number of aliphatic hydroxyl groups is 1. The van der Waals surface area contributed by atoms with Gasteiger partial charge in [-0.1, -0.05) is 40.5 Å². The highest BCUT2D eigenvalue weighted by atomic mass is 35.5. The van der Waals surface area contributed by atoms with Crippen molar-refractivity contribution in [1.29, 1.82) is 0 Å². The molecule has 2 heterocycles. The van der Waals surface area contributed by atoms with Gasteiger partial charge in [-0.25, -0.2) is 0 Å². The van der Waals surface area contributed by atoms with Gasteiger partial charge in [0.1, 0.15) is 17.1 Å². The van der Waals surface area contributed by atoms with E-state index in [1.54, 1.807) is 6.20 Å². The van der Waals surface area contributed by atoms with Gasteiger partial charge in [0.05, 0.1) is 28.5 Å². The molecular formula is C26H26Cl2N2O3.